The average molecular weight is 322 g/mol. The van der Waals surface area contributed by atoms with Crippen LogP contribution in [0.25, 0.3) is 0 Å². The zero-order valence-corrected chi connectivity index (χ0v) is 13.9. The fourth-order valence-corrected chi connectivity index (χ4v) is 3.65. The number of likely N-dealkylation sites (tertiary alicyclic amines) is 1. The summed E-state index contributed by atoms with van der Waals surface area (Å²) in [4.78, 5) is 39.9. The predicted octanol–water partition coefficient (Wildman–Crippen LogP) is 0.307. The summed E-state index contributed by atoms with van der Waals surface area (Å²) in [5.74, 6) is -0.0347. The second kappa shape index (κ2) is 6.11. The maximum Gasteiger partial charge on any atom is 0.325 e. The standard InChI is InChI=1S/C16H26N4O3/c1-3-20-14(22)16(2,18-15(20)23)11-5-4-8-19(9-11)10-13(21)17-12-6-7-12/h11-12H,3-10H2,1-2H3,(H,17,21)(H,18,23)/t11-,16-/m0/s1. The number of hydrogen-bond acceptors (Lipinski definition) is 4. The van der Waals surface area contributed by atoms with Crippen molar-refractivity contribution in [3.63, 3.8) is 0 Å². The van der Waals surface area contributed by atoms with Crippen LogP contribution in [0.4, 0.5) is 4.79 Å². The van der Waals surface area contributed by atoms with E-state index in [1.54, 1.807) is 6.92 Å². The molecule has 1 saturated carbocycles. The van der Waals surface area contributed by atoms with Crippen LogP contribution in [0.15, 0.2) is 0 Å². The molecule has 2 atom stereocenters. The third-order valence-corrected chi connectivity index (χ3v) is 5.25. The van der Waals surface area contributed by atoms with Gasteiger partial charge < -0.3 is 10.6 Å². The first-order valence-electron chi connectivity index (χ1n) is 8.60. The van der Waals surface area contributed by atoms with Crippen molar-refractivity contribution in [3.05, 3.63) is 0 Å². The number of hydrogen-bond donors (Lipinski definition) is 2. The predicted molar refractivity (Wildman–Crippen MR) is 84.7 cm³/mol. The van der Waals surface area contributed by atoms with Crippen molar-refractivity contribution >= 4 is 17.8 Å². The SMILES string of the molecule is CCN1C(=O)N[C@@](C)([C@H]2CCCN(CC(=O)NC3CC3)C2)C1=O. The molecular weight excluding hydrogens is 296 g/mol. The highest BCUT2D eigenvalue weighted by atomic mass is 16.2. The molecule has 0 radical (unpaired) electrons. The van der Waals surface area contributed by atoms with Crippen molar-refractivity contribution in [2.75, 3.05) is 26.2 Å². The summed E-state index contributed by atoms with van der Waals surface area (Å²) in [6, 6.07) is 0.0676. The van der Waals surface area contributed by atoms with Crippen LogP contribution in [0.2, 0.25) is 0 Å². The van der Waals surface area contributed by atoms with E-state index in [-0.39, 0.29) is 23.8 Å². The van der Waals surface area contributed by atoms with Gasteiger partial charge in [-0.25, -0.2) is 4.79 Å². The Hall–Kier alpha value is -1.63. The topological polar surface area (TPSA) is 81.8 Å². The van der Waals surface area contributed by atoms with Gasteiger partial charge in [0.25, 0.3) is 5.91 Å². The largest absolute Gasteiger partial charge is 0.352 e. The molecule has 128 valence electrons. The highest BCUT2D eigenvalue weighted by molar-refractivity contribution is 6.07. The number of urea groups is 1. The Morgan fingerprint density at radius 1 is 1.35 bits per heavy atom. The minimum absolute atomic E-state index is 0.0398. The molecule has 0 aromatic rings. The molecule has 0 aromatic heterocycles. The lowest BCUT2D eigenvalue weighted by Crippen LogP contribution is -2.56. The van der Waals surface area contributed by atoms with E-state index in [1.165, 1.54) is 4.90 Å². The van der Waals surface area contributed by atoms with Crippen LogP contribution < -0.4 is 10.6 Å². The Morgan fingerprint density at radius 2 is 2.09 bits per heavy atom. The van der Waals surface area contributed by atoms with Crippen molar-refractivity contribution in [2.45, 2.75) is 51.1 Å². The molecule has 23 heavy (non-hydrogen) atoms. The lowest BCUT2D eigenvalue weighted by atomic mass is 9.80. The van der Waals surface area contributed by atoms with E-state index < -0.39 is 5.54 Å². The van der Waals surface area contributed by atoms with E-state index in [0.29, 0.717) is 25.7 Å². The van der Waals surface area contributed by atoms with Crippen LogP contribution in [-0.2, 0) is 9.59 Å². The van der Waals surface area contributed by atoms with E-state index in [0.717, 1.165) is 32.2 Å². The molecule has 0 aromatic carbocycles. The molecule has 3 rings (SSSR count). The molecule has 1 aliphatic carbocycles. The summed E-state index contributed by atoms with van der Waals surface area (Å²) in [7, 11) is 0. The first-order valence-corrected chi connectivity index (χ1v) is 8.60. The Morgan fingerprint density at radius 3 is 2.70 bits per heavy atom. The third-order valence-electron chi connectivity index (χ3n) is 5.25. The molecule has 2 N–H and O–H groups in total. The quantitative estimate of drug-likeness (QED) is 0.714. The molecule has 0 unspecified atom stereocenters. The minimum atomic E-state index is -0.848. The summed E-state index contributed by atoms with van der Waals surface area (Å²) in [6.07, 6.45) is 3.99. The van der Waals surface area contributed by atoms with E-state index >= 15 is 0 Å². The first-order chi connectivity index (χ1) is 10.9. The fraction of sp³-hybridized carbons (Fsp3) is 0.812. The lowest BCUT2D eigenvalue weighted by Gasteiger charge is -2.39. The first kappa shape index (κ1) is 16.2. The Bertz CT molecular complexity index is 519. The molecule has 0 spiro atoms. The van der Waals surface area contributed by atoms with Gasteiger partial charge in [-0.1, -0.05) is 0 Å². The van der Waals surface area contributed by atoms with Gasteiger partial charge in [-0.15, -0.1) is 0 Å². The van der Waals surface area contributed by atoms with Crippen molar-refractivity contribution in [1.29, 1.82) is 0 Å². The highest BCUT2D eigenvalue weighted by Gasteiger charge is 2.52. The number of nitrogens with one attached hydrogen (secondary N) is 2. The highest BCUT2D eigenvalue weighted by Crippen LogP contribution is 2.32. The van der Waals surface area contributed by atoms with E-state index in [4.69, 9.17) is 0 Å². The second-order valence-corrected chi connectivity index (χ2v) is 7.10. The molecule has 7 heteroatoms. The number of likely N-dealkylation sites (N-methyl/N-ethyl adjacent to an activating group) is 1. The number of imide groups is 1. The van der Waals surface area contributed by atoms with Gasteiger partial charge in [0.1, 0.15) is 5.54 Å². The summed E-state index contributed by atoms with van der Waals surface area (Å²) >= 11 is 0. The monoisotopic (exact) mass is 322 g/mol. The normalized spacial score (nSPS) is 32.1. The molecule has 2 heterocycles. The van der Waals surface area contributed by atoms with Gasteiger partial charge in [0.2, 0.25) is 5.91 Å². The van der Waals surface area contributed by atoms with Crippen LogP contribution in [-0.4, -0.2) is 65.4 Å². The van der Waals surface area contributed by atoms with Crippen molar-refractivity contribution in [2.24, 2.45) is 5.92 Å². The summed E-state index contributed by atoms with van der Waals surface area (Å²) in [6.45, 7) is 5.92. The Labute approximate surface area is 136 Å². The summed E-state index contributed by atoms with van der Waals surface area (Å²) in [5, 5.41) is 5.88. The lowest BCUT2D eigenvalue weighted by molar-refractivity contribution is -0.133. The molecule has 3 aliphatic rings. The van der Waals surface area contributed by atoms with Crippen LogP contribution in [0, 0.1) is 5.92 Å². The fourth-order valence-electron chi connectivity index (χ4n) is 3.65. The van der Waals surface area contributed by atoms with E-state index in [1.807, 2.05) is 6.92 Å². The van der Waals surface area contributed by atoms with Gasteiger partial charge in [-0.05, 0) is 46.1 Å². The summed E-state index contributed by atoms with van der Waals surface area (Å²) in [5.41, 5.74) is -0.848. The number of rotatable bonds is 5. The van der Waals surface area contributed by atoms with Crippen LogP contribution >= 0.6 is 0 Å². The van der Waals surface area contributed by atoms with Crippen molar-refractivity contribution in [3.8, 4) is 0 Å². The molecule has 0 bridgehead atoms. The summed E-state index contributed by atoms with van der Waals surface area (Å²) < 4.78 is 0. The Kier molecular flexibility index (Phi) is 4.31. The maximum absolute atomic E-state index is 12.6. The molecule has 4 amide bonds. The molecule has 3 fully saturated rings. The number of amides is 4. The average Bonchev–Trinajstić information content (AvgIpc) is 3.27. The molecule has 7 nitrogen and oxygen atoms in total. The molecule has 2 aliphatic heterocycles. The molecule has 2 saturated heterocycles. The maximum atomic E-state index is 12.6. The minimum Gasteiger partial charge on any atom is -0.352 e. The second-order valence-electron chi connectivity index (χ2n) is 7.10. The van der Waals surface area contributed by atoms with Crippen LogP contribution in [0.5, 0.6) is 0 Å². The number of carbonyl (C=O) groups excluding carboxylic acids is 3. The van der Waals surface area contributed by atoms with Gasteiger partial charge in [0.05, 0.1) is 6.54 Å². The Balaban J connectivity index is 1.62. The van der Waals surface area contributed by atoms with Crippen molar-refractivity contribution < 1.29 is 14.4 Å². The number of carbonyl (C=O) groups is 3. The van der Waals surface area contributed by atoms with E-state index in [9.17, 15) is 14.4 Å². The zero-order chi connectivity index (χ0) is 16.6. The third kappa shape index (κ3) is 3.20. The van der Waals surface area contributed by atoms with Crippen molar-refractivity contribution in [1.82, 2.24) is 20.4 Å². The van der Waals surface area contributed by atoms with E-state index in [2.05, 4.69) is 15.5 Å². The van der Waals surface area contributed by atoms with Crippen LogP contribution in [0.3, 0.4) is 0 Å². The van der Waals surface area contributed by atoms with Crippen LogP contribution in [0.1, 0.15) is 39.5 Å². The van der Waals surface area contributed by atoms with Gasteiger partial charge in [0.15, 0.2) is 0 Å². The molecular formula is C16H26N4O3. The number of piperidine rings is 1. The smallest absolute Gasteiger partial charge is 0.325 e. The van der Waals surface area contributed by atoms with Gasteiger partial charge >= 0.3 is 6.03 Å². The number of nitrogens with zero attached hydrogens (tertiary/aromatic N) is 2. The zero-order valence-electron chi connectivity index (χ0n) is 13.9. The van der Waals surface area contributed by atoms with Gasteiger partial charge in [-0.3, -0.25) is 19.4 Å². The van der Waals surface area contributed by atoms with Gasteiger partial charge in [-0.2, -0.15) is 0 Å². The van der Waals surface area contributed by atoms with Gasteiger partial charge in [0, 0.05) is 25.0 Å².